The number of carbonyl (C=O) groups is 1. The van der Waals surface area contributed by atoms with Gasteiger partial charge < -0.3 is 24.5 Å². The Morgan fingerprint density at radius 1 is 1.12 bits per heavy atom. The highest BCUT2D eigenvalue weighted by Gasteiger charge is 2.42. The van der Waals surface area contributed by atoms with Gasteiger partial charge in [-0.3, -0.25) is 0 Å². The highest BCUT2D eigenvalue weighted by Crippen LogP contribution is 2.46. The number of carbonyl (C=O) groups excluding carboxylic acids is 1. The Morgan fingerprint density at radius 3 is 2.45 bits per heavy atom. The Hall–Kier alpha value is -3.21. The molecule has 3 aromatic rings. The van der Waals surface area contributed by atoms with Gasteiger partial charge in [-0.2, -0.15) is 0 Å². The zero-order chi connectivity index (χ0) is 24.1. The highest BCUT2D eigenvalue weighted by molar-refractivity contribution is 5.87. The van der Waals surface area contributed by atoms with Crippen LogP contribution in [0.25, 0.3) is 10.8 Å². The van der Waals surface area contributed by atoms with Crippen LogP contribution in [0.5, 0.6) is 17.2 Å². The summed E-state index contributed by atoms with van der Waals surface area (Å²) in [6.07, 6.45) is 1.63. The predicted octanol–water partition coefficient (Wildman–Crippen LogP) is 4.66. The molecule has 0 bridgehead atoms. The lowest BCUT2D eigenvalue weighted by Crippen LogP contribution is -2.51. The summed E-state index contributed by atoms with van der Waals surface area (Å²) in [4.78, 5) is 12.5. The normalized spacial score (nSPS) is 19.5. The Bertz CT molecular complexity index is 1260. The molecule has 1 aliphatic heterocycles. The van der Waals surface area contributed by atoms with Gasteiger partial charge in [-0.05, 0) is 85.7 Å². The molecule has 4 rings (SSSR count). The summed E-state index contributed by atoms with van der Waals surface area (Å²) in [7, 11) is 1.62. The first-order chi connectivity index (χ1) is 15.5. The molecular formula is C28H31O5-. The minimum absolute atomic E-state index is 0.266. The predicted molar refractivity (Wildman–Crippen MR) is 127 cm³/mol. The van der Waals surface area contributed by atoms with Gasteiger partial charge in [0.1, 0.15) is 22.8 Å². The Kier molecular flexibility index (Phi) is 5.55. The van der Waals surface area contributed by atoms with Gasteiger partial charge in [0.25, 0.3) is 0 Å². The van der Waals surface area contributed by atoms with Crippen molar-refractivity contribution in [3.63, 3.8) is 0 Å². The second-order valence-corrected chi connectivity index (χ2v) is 9.81. The van der Waals surface area contributed by atoms with Gasteiger partial charge in [-0.25, -0.2) is 0 Å². The molecule has 1 aliphatic rings. The summed E-state index contributed by atoms with van der Waals surface area (Å²) in [5, 5.41) is 24.9. The number of methoxy groups -OCH3 is 1. The van der Waals surface area contributed by atoms with Crippen LogP contribution in [-0.2, 0) is 16.6 Å². The average Bonchev–Trinajstić information content (AvgIpc) is 2.80. The average molecular weight is 448 g/mol. The number of aromatic hydroxyl groups is 1. The van der Waals surface area contributed by atoms with E-state index in [1.54, 1.807) is 14.0 Å². The summed E-state index contributed by atoms with van der Waals surface area (Å²) < 4.78 is 11.8. The maximum atomic E-state index is 12.5. The number of carboxylic acids is 1. The van der Waals surface area contributed by atoms with E-state index in [-0.39, 0.29) is 6.42 Å². The Balaban J connectivity index is 1.73. The number of rotatable bonds is 5. The number of benzene rings is 3. The lowest BCUT2D eigenvalue weighted by molar-refractivity contribution is -0.314. The van der Waals surface area contributed by atoms with Crippen LogP contribution < -0.4 is 14.6 Å². The molecule has 0 saturated heterocycles. The lowest BCUT2D eigenvalue weighted by atomic mass is 9.71. The number of fused-ring (bicyclic) bond motifs is 2. The van der Waals surface area contributed by atoms with Crippen molar-refractivity contribution in [3.8, 4) is 17.2 Å². The van der Waals surface area contributed by atoms with Crippen molar-refractivity contribution < 1.29 is 24.5 Å². The van der Waals surface area contributed by atoms with Crippen molar-refractivity contribution in [2.75, 3.05) is 7.11 Å². The molecule has 174 valence electrons. The zero-order valence-electron chi connectivity index (χ0n) is 20.2. The van der Waals surface area contributed by atoms with Crippen molar-refractivity contribution >= 4 is 16.7 Å². The molecule has 3 aromatic carbocycles. The SMILES string of the molecule is COc1ccc2cc(C(C)(CC3(C)CCc4c(C)c(O)c(C)c(C)c4O3)C(=O)[O-])ccc2c1. The summed E-state index contributed by atoms with van der Waals surface area (Å²) in [5.74, 6) is 0.709. The smallest absolute Gasteiger partial charge is 0.127 e. The van der Waals surface area contributed by atoms with Crippen molar-refractivity contribution in [1.82, 2.24) is 0 Å². The molecule has 1 N–H and O–H groups in total. The topological polar surface area (TPSA) is 78.8 Å². The standard InChI is InChI=1S/C28H32O5/c1-16-17(2)25-23(18(3)24(16)29)11-12-27(4,33-25)15-28(5,26(30)31)21-9-7-20-14-22(32-6)10-8-19(20)13-21/h7-10,13-14,29H,11-12,15H2,1-6H3,(H,30,31)/p-1. The molecule has 1 heterocycles. The first-order valence-electron chi connectivity index (χ1n) is 11.3. The van der Waals surface area contributed by atoms with E-state index in [0.29, 0.717) is 24.2 Å². The van der Waals surface area contributed by atoms with Crippen LogP contribution in [0.15, 0.2) is 36.4 Å². The van der Waals surface area contributed by atoms with E-state index in [1.165, 1.54) is 0 Å². The van der Waals surface area contributed by atoms with Crippen LogP contribution in [0.4, 0.5) is 0 Å². The van der Waals surface area contributed by atoms with Crippen LogP contribution >= 0.6 is 0 Å². The van der Waals surface area contributed by atoms with E-state index in [1.807, 2.05) is 64.1 Å². The van der Waals surface area contributed by atoms with Crippen LogP contribution in [0.3, 0.4) is 0 Å². The zero-order valence-corrected chi connectivity index (χ0v) is 20.2. The fourth-order valence-electron chi connectivity index (χ4n) is 5.15. The van der Waals surface area contributed by atoms with Crippen molar-refractivity contribution in [2.45, 2.75) is 64.9 Å². The maximum absolute atomic E-state index is 12.5. The second-order valence-electron chi connectivity index (χ2n) is 9.81. The number of hydrogen-bond acceptors (Lipinski definition) is 5. The van der Waals surface area contributed by atoms with Gasteiger partial charge in [0.2, 0.25) is 0 Å². The van der Waals surface area contributed by atoms with Crippen molar-refractivity contribution in [1.29, 1.82) is 0 Å². The summed E-state index contributed by atoms with van der Waals surface area (Å²) >= 11 is 0. The minimum atomic E-state index is -1.24. The fourth-order valence-corrected chi connectivity index (χ4v) is 5.15. The fraction of sp³-hybridized carbons (Fsp3) is 0.393. The molecule has 2 unspecified atom stereocenters. The number of hydrogen-bond donors (Lipinski definition) is 1. The molecular weight excluding hydrogens is 416 g/mol. The number of carboxylic acid groups (broad SMARTS) is 1. The van der Waals surface area contributed by atoms with Gasteiger partial charge in [-0.1, -0.05) is 31.2 Å². The van der Waals surface area contributed by atoms with Crippen LogP contribution in [0.2, 0.25) is 0 Å². The molecule has 0 aliphatic carbocycles. The summed E-state index contributed by atoms with van der Waals surface area (Å²) in [5.41, 5.74) is 2.28. The Labute approximate surface area is 195 Å². The second kappa shape index (κ2) is 7.98. The van der Waals surface area contributed by atoms with Crippen LogP contribution in [0.1, 0.15) is 54.5 Å². The van der Waals surface area contributed by atoms with Gasteiger partial charge in [0.05, 0.1) is 13.1 Å². The van der Waals surface area contributed by atoms with Crippen molar-refractivity contribution in [3.05, 3.63) is 64.2 Å². The van der Waals surface area contributed by atoms with Crippen LogP contribution in [0, 0.1) is 20.8 Å². The van der Waals surface area contributed by atoms with E-state index in [4.69, 9.17) is 9.47 Å². The number of aliphatic carboxylic acids is 1. The quantitative estimate of drug-likeness (QED) is 0.615. The molecule has 2 atom stereocenters. The Morgan fingerprint density at radius 2 is 1.79 bits per heavy atom. The molecule has 0 amide bonds. The van der Waals surface area contributed by atoms with Gasteiger partial charge in [0, 0.05) is 17.4 Å². The van der Waals surface area contributed by atoms with E-state index in [2.05, 4.69) is 0 Å². The van der Waals surface area contributed by atoms with Crippen LogP contribution in [-0.4, -0.2) is 23.8 Å². The molecule has 0 fully saturated rings. The summed E-state index contributed by atoms with van der Waals surface area (Å²) in [6, 6.07) is 11.4. The monoisotopic (exact) mass is 447 g/mol. The first-order valence-corrected chi connectivity index (χ1v) is 11.3. The minimum Gasteiger partial charge on any atom is -0.549 e. The van der Waals surface area contributed by atoms with E-state index < -0.39 is 17.0 Å². The lowest BCUT2D eigenvalue weighted by Gasteiger charge is -2.44. The number of phenols is 1. The molecule has 0 radical (unpaired) electrons. The third-order valence-corrected chi connectivity index (χ3v) is 7.46. The van der Waals surface area contributed by atoms with Crippen molar-refractivity contribution in [2.24, 2.45) is 0 Å². The molecule has 5 nitrogen and oxygen atoms in total. The van der Waals surface area contributed by atoms with Gasteiger partial charge in [0.15, 0.2) is 0 Å². The molecule has 0 spiro atoms. The highest BCUT2D eigenvalue weighted by atomic mass is 16.5. The number of phenolic OH excluding ortho intramolecular Hbond substituents is 1. The third kappa shape index (κ3) is 3.79. The molecule has 0 aromatic heterocycles. The molecule has 0 saturated carbocycles. The van der Waals surface area contributed by atoms with E-state index in [0.717, 1.165) is 44.5 Å². The van der Waals surface area contributed by atoms with E-state index in [9.17, 15) is 15.0 Å². The largest absolute Gasteiger partial charge is 0.549 e. The molecule has 33 heavy (non-hydrogen) atoms. The maximum Gasteiger partial charge on any atom is 0.127 e. The third-order valence-electron chi connectivity index (χ3n) is 7.46. The first kappa shape index (κ1) is 23.0. The number of ether oxygens (including phenoxy) is 2. The summed E-state index contributed by atoms with van der Waals surface area (Å²) in [6.45, 7) is 9.41. The van der Waals surface area contributed by atoms with E-state index >= 15 is 0 Å². The van der Waals surface area contributed by atoms with Gasteiger partial charge in [-0.15, -0.1) is 0 Å². The van der Waals surface area contributed by atoms with Gasteiger partial charge >= 0.3 is 0 Å². The molecule has 5 heteroatoms.